The monoisotopic (exact) mass is 442 g/mol. The zero-order chi connectivity index (χ0) is 23.8. The minimum absolute atomic E-state index is 0.0701. The lowest BCUT2D eigenvalue weighted by atomic mass is 10.1. The van der Waals surface area contributed by atoms with Crippen LogP contribution in [-0.4, -0.2) is 18.5 Å². The fourth-order valence-corrected chi connectivity index (χ4v) is 3.06. The number of furan rings is 1. The van der Waals surface area contributed by atoms with Gasteiger partial charge in [-0.3, -0.25) is 4.79 Å². The molecule has 0 aliphatic carbocycles. The molecule has 0 radical (unpaired) electrons. The molecular formula is C27H26N2O4. The average Bonchev–Trinajstić information content (AvgIpc) is 3.28. The SMILES string of the molecule is CCCCOC(=O)c1ccc(-c2ccc(/C=C(\C#N)C(=O)Nc3ccc(C)c(C)c3)o2)cc1. The van der Waals surface area contributed by atoms with E-state index in [0.717, 1.165) is 29.5 Å². The number of rotatable bonds is 8. The molecule has 33 heavy (non-hydrogen) atoms. The zero-order valence-electron chi connectivity index (χ0n) is 19.0. The van der Waals surface area contributed by atoms with Crippen molar-refractivity contribution in [1.82, 2.24) is 0 Å². The van der Waals surface area contributed by atoms with Crippen molar-refractivity contribution in [2.24, 2.45) is 0 Å². The Kier molecular flexibility index (Phi) is 7.82. The maximum absolute atomic E-state index is 12.5. The number of hydrogen-bond acceptors (Lipinski definition) is 5. The topological polar surface area (TPSA) is 92.3 Å². The number of hydrogen-bond donors (Lipinski definition) is 1. The van der Waals surface area contributed by atoms with Gasteiger partial charge in [-0.05, 0) is 67.8 Å². The molecule has 0 fully saturated rings. The van der Waals surface area contributed by atoms with Crippen LogP contribution in [0, 0.1) is 25.2 Å². The van der Waals surface area contributed by atoms with Gasteiger partial charge in [0.25, 0.3) is 5.91 Å². The molecule has 3 rings (SSSR count). The van der Waals surface area contributed by atoms with Crippen LogP contribution >= 0.6 is 0 Å². The molecule has 0 bridgehead atoms. The van der Waals surface area contributed by atoms with Crippen LogP contribution in [0.3, 0.4) is 0 Å². The number of benzene rings is 2. The molecule has 0 aliphatic heterocycles. The van der Waals surface area contributed by atoms with E-state index in [1.807, 2.05) is 39.0 Å². The number of carbonyl (C=O) groups is 2. The summed E-state index contributed by atoms with van der Waals surface area (Å²) in [5.74, 6) is 0.0648. The van der Waals surface area contributed by atoms with Crippen LogP contribution in [0.1, 0.15) is 47.0 Å². The van der Waals surface area contributed by atoms with Crippen molar-refractivity contribution in [3.63, 3.8) is 0 Å². The molecule has 0 saturated carbocycles. The van der Waals surface area contributed by atoms with Crippen molar-refractivity contribution in [3.8, 4) is 17.4 Å². The molecule has 1 aromatic heterocycles. The van der Waals surface area contributed by atoms with Crippen LogP contribution < -0.4 is 5.32 Å². The Morgan fingerprint density at radius 1 is 1.06 bits per heavy atom. The van der Waals surface area contributed by atoms with Gasteiger partial charge in [0.1, 0.15) is 23.2 Å². The van der Waals surface area contributed by atoms with E-state index in [0.29, 0.717) is 29.4 Å². The Labute approximate surface area is 193 Å². The molecule has 0 atom stereocenters. The van der Waals surface area contributed by atoms with Crippen molar-refractivity contribution in [1.29, 1.82) is 5.26 Å². The Balaban J connectivity index is 1.70. The maximum atomic E-state index is 12.5. The van der Waals surface area contributed by atoms with E-state index < -0.39 is 5.91 Å². The Bertz CT molecular complexity index is 1210. The van der Waals surface area contributed by atoms with Crippen molar-refractivity contribution in [3.05, 3.63) is 82.6 Å². The number of nitriles is 1. The summed E-state index contributed by atoms with van der Waals surface area (Å²) in [5.41, 5.74) is 3.95. The number of nitrogens with zero attached hydrogens (tertiary/aromatic N) is 1. The highest BCUT2D eigenvalue weighted by Crippen LogP contribution is 2.24. The number of carbonyl (C=O) groups excluding carboxylic acids is 2. The molecule has 2 aromatic carbocycles. The van der Waals surface area contributed by atoms with Gasteiger partial charge in [0.15, 0.2) is 0 Å². The lowest BCUT2D eigenvalue weighted by molar-refractivity contribution is -0.112. The van der Waals surface area contributed by atoms with Gasteiger partial charge in [-0.2, -0.15) is 5.26 Å². The van der Waals surface area contributed by atoms with E-state index in [4.69, 9.17) is 9.15 Å². The lowest BCUT2D eigenvalue weighted by Gasteiger charge is -2.06. The van der Waals surface area contributed by atoms with Crippen molar-refractivity contribution >= 4 is 23.6 Å². The second kappa shape index (κ2) is 11.0. The average molecular weight is 443 g/mol. The van der Waals surface area contributed by atoms with E-state index in [2.05, 4.69) is 5.32 Å². The van der Waals surface area contributed by atoms with Crippen LogP contribution in [0.25, 0.3) is 17.4 Å². The fourth-order valence-electron chi connectivity index (χ4n) is 3.06. The highest BCUT2D eigenvalue weighted by molar-refractivity contribution is 6.09. The molecule has 168 valence electrons. The van der Waals surface area contributed by atoms with Gasteiger partial charge in [0, 0.05) is 17.3 Å². The minimum Gasteiger partial charge on any atom is -0.462 e. The number of amides is 1. The first-order chi connectivity index (χ1) is 15.9. The highest BCUT2D eigenvalue weighted by atomic mass is 16.5. The molecule has 0 saturated heterocycles. The molecular weight excluding hydrogens is 416 g/mol. The molecule has 0 aliphatic rings. The van der Waals surface area contributed by atoms with Gasteiger partial charge in [-0.15, -0.1) is 0 Å². The van der Waals surface area contributed by atoms with Gasteiger partial charge in [0.05, 0.1) is 12.2 Å². The number of anilines is 1. The third-order valence-corrected chi connectivity index (χ3v) is 5.18. The molecule has 1 heterocycles. The van der Waals surface area contributed by atoms with Crippen LogP contribution in [0.15, 0.2) is 64.6 Å². The van der Waals surface area contributed by atoms with Gasteiger partial charge < -0.3 is 14.5 Å². The smallest absolute Gasteiger partial charge is 0.338 e. The Hall–Kier alpha value is -4.11. The summed E-state index contributed by atoms with van der Waals surface area (Å²) < 4.78 is 11.0. The summed E-state index contributed by atoms with van der Waals surface area (Å²) in [7, 11) is 0. The first kappa shape index (κ1) is 23.6. The number of nitrogens with one attached hydrogen (secondary N) is 1. The normalized spacial score (nSPS) is 11.0. The van der Waals surface area contributed by atoms with Crippen molar-refractivity contribution in [2.75, 3.05) is 11.9 Å². The number of aryl methyl sites for hydroxylation is 2. The molecule has 6 heteroatoms. The van der Waals surface area contributed by atoms with Gasteiger partial charge >= 0.3 is 5.97 Å². The van der Waals surface area contributed by atoms with Gasteiger partial charge in [0.2, 0.25) is 0 Å². The van der Waals surface area contributed by atoms with Gasteiger partial charge in [-0.25, -0.2) is 4.79 Å². The summed E-state index contributed by atoms with van der Waals surface area (Å²) in [6.07, 6.45) is 3.20. The molecule has 1 N–H and O–H groups in total. The van der Waals surface area contributed by atoms with Crippen LogP contribution in [-0.2, 0) is 9.53 Å². The highest BCUT2D eigenvalue weighted by Gasteiger charge is 2.13. The molecule has 1 amide bonds. The van der Waals surface area contributed by atoms with Crippen molar-refractivity contribution in [2.45, 2.75) is 33.6 Å². The number of unbranched alkanes of at least 4 members (excludes halogenated alkanes) is 1. The third-order valence-electron chi connectivity index (χ3n) is 5.18. The van der Waals surface area contributed by atoms with Gasteiger partial charge in [-0.1, -0.05) is 31.5 Å². The molecule has 6 nitrogen and oxygen atoms in total. The zero-order valence-corrected chi connectivity index (χ0v) is 19.0. The minimum atomic E-state index is -0.510. The first-order valence-electron chi connectivity index (χ1n) is 10.8. The summed E-state index contributed by atoms with van der Waals surface area (Å²) in [6, 6.07) is 17.8. The summed E-state index contributed by atoms with van der Waals surface area (Å²) in [5, 5.41) is 12.2. The second-order valence-corrected chi connectivity index (χ2v) is 7.69. The van der Waals surface area contributed by atoms with E-state index in [1.54, 1.807) is 42.5 Å². The standard InChI is InChI=1S/C27H26N2O4/c1-4-5-14-32-27(31)21-9-7-20(8-10-21)25-13-12-24(33-25)16-22(17-28)26(30)29-23-11-6-18(2)19(3)15-23/h6-13,15-16H,4-5,14H2,1-3H3,(H,29,30)/b22-16+. The largest absolute Gasteiger partial charge is 0.462 e. The van der Waals surface area contributed by atoms with E-state index in [9.17, 15) is 14.9 Å². The van der Waals surface area contributed by atoms with E-state index in [-0.39, 0.29) is 11.5 Å². The maximum Gasteiger partial charge on any atom is 0.338 e. The summed E-state index contributed by atoms with van der Waals surface area (Å²) in [6.45, 7) is 6.39. The Morgan fingerprint density at radius 2 is 1.82 bits per heavy atom. The molecule has 0 spiro atoms. The third kappa shape index (κ3) is 6.20. The van der Waals surface area contributed by atoms with Crippen LogP contribution in [0.5, 0.6) is 0 Å². The number of esters is 1. The summed E-state index contributed by atoms with van der Waals surface area (Å²) >= 11 is 0. The quantitative estimate of drug-likeness (QED) is 0.198. The first-order valence-corrected chi connectivity index (χ1v) is 10.8. The van der Waals surface area contributed by atoms with Crippen LogP contribution in [0.2, 0.25) is 0 Å². The Morgan fingerprint density at radius 3 is 2.48 bits per heavy atom. The lowest BCUT2D eigenvalue weighted by Crippen LogP contribution is -2.13. The van der Waals surface area contributed by atoms with Crippen LogP contribution in [0.4, 0.5) is 5.69 Å². The fraction of sp³-hybridized carbons (Fsp3) is 0.222. The van der Waals surface area contributed by atoms with E-state index >= 15 is 0 Å². The number of ether oxygens (including phenoxy) is 1. The molecule has 3 aromatic rings. The summed E-state index contributed by atoms with van der Waals surface area (Å²) in [4.78, 5) is 24.6. The van der Waals surface area contributed by atoms with E-state index in [1.165, 1.54) is 6.08 Å². The predicted molar refractivity (Wildman–Crippen MR) is 127 cm³/mol. The second-order valence-electron chi connectivity index (χ2n) is 7.69. The molecule has 0 unspecified atom stereocenters. The predicted octanol–water partition coefficient (Wildman–Crippen LogP) is 6.07. The van der Waals surface area contributed by atoms with Crippen molar-refractivity contribution < 1.29 is 18.7 Å².